The van der Waals surface area contributed by atoms with Crippen molar-refractivity contribution in [3.05, 3.63) is 52.5 Å². The summed E-state index contributed by atoms with van der Waals surface area (Å²) in [5, 5.41) is 12.8. The van der Waals surface area contributed by atoms with Crippen LogP contribution in [0.15, 0.2) is 41.9 Å². The average Bonchev–Trinajstić information content (AvgIpc) is 3.09. The molecule has 1 aromatic heterocycles. The van der Waals surface area contributed by atoms with Gasteiger partial charge < -0.3 is 5.11 Å². The van der Waals surface area contributed by atoms with Crippen molar-refractivity contribution in [3.63, 3.8) is 0 Å². The highest BCUT2D eigenvalue weighted by Crippen LogP contribution is 2.54. The van der Waals surface area contributed by atoms with E-state index in [2.05, 4.69) is 9.88 Å². The number of alkyl halides is 3. The number of likely N-dealkylation sites (tertiary alicyclic amines) is 2. The second-order valence-electron chi connectivity index (χ2n) is 7.37. The summed E-state index contributed by atoms with van der Waals surface area (Å²) in [6.07, 6.45) is -3.27. The number of nitrogens with zero attached hydrogens (tertiary/aromatic N) is 3. The van der Waals surface area contributed by atoms with Crippen molar-refractivity contribution in [1.29, 1.82) is 0 Å². The Kier molecular flexibility index (Phi) is 5.00. The molecule has 2 fully saturated rings. The second-order valence-corrected chi connectivity index (χ2v) is 8.35. The predicted octanol–water partition coefficient (Wildman–Crippen LogP) is 3.11. The summed E-state index contributed by atoms with van der Waals surface area (Å²) in [6, 6.07) is 9.58. The number of aliphatic hydroxyl groups excluding tert-OH is 1. The van der Waals surface area contributed by atoms with Gasteiger partial charge in [0.2, 0.25) is 0 Å². The highest BCUT2D eigenvalue weighted by molar-refractivity contribution is 7.09. The van der Waals surface area contributed by atoms with Crippen LogP contribution >= 0.6 is 11.3 Å². The maximum atomic E-state index is 12.8. The van der Waals surface area contributed by atoms with E-state index in [0.29, 0.717) is 13.1 Å². The molecule has 4 nitrogen and oxygen atoms in total. The molecular weight excluding hydrogens is 375 g/mol. The molecule has 0 bridgehead atoms. The summed E-state index contributed by atoms with van der Waals surface area (Å²) in [6.45, 7) is 1.91. The minimum absolute atomic E-state index is 0.0458. The van der Waals surface area contributed by atoms with Gasteiger partial charge in [0.1, 0.15) is 5.01 Å². The maximum absolute atomic E-state index is 12.8. The van der Waals surface area contributed by atoms with E-state index in [1.807, 2.05) is 40.6 Å². The van der Waals surface area contributed by atoms with E-state index in [9.17, 15) is 18.3 Å². The molecule has 2 saturated heterocycles. The van der Waals surface area contributed by atoms with Crippen molar-refractivity contribution >= 4 is 11.3 Å². The SMILES string of the molecule is OC[C@@H]1[C@H](c2ccccc2)C2(CN(Cc3nccs3)C2)N1CCC(F)(F)F. The third-order valence-electron chi connectivity index (χ3n) is 5.76. The molecule has 4 rings (SSSR count). The molecule has 1 N–H and O–H groups in total. The Morgan fingerprint density at radius 2 is 1.96 bits per heavy atom. The highest BCUT2D eigenvalue weighted by atomic mass is 32.1. The van der Waals surface area contributed by atoms with Crippen molar-refractivity contribution < 1.29 is 18.3 Å². The van der Waals surface area contributed by atoms with Gasteiger partial charge in [0.05, 0.1) is 25.1 Å². The summed E-state index contributed by atoms with van der Waals surface area (Å²) in [7, 11) is 0. The standard InChI is InChI=1S/C19H22F3N3OS/c20-19(21,22)6-8-25-15(11-26)17(14-4-2-1-3-5-14)18(25)12-24(13-18)10-16-23-7-9-27-16/h1-5,7,9,15,17,26H,6,8,10-13H2/t15-,17+/m1/s1. The number of benzene rings is 1. The zero-order chi connectivity index (χ0) is 19.1. The molecule has 8 heteroatoms. The molecule has 0 unspecified atom stereocenters. The Bertz CT molecular complexity index is 747. The highest BCUT2D eigenvalue weighted by Gasteiger charge is 2.65. The summed E-state index contributed by atoms with van der Waals surface area (Å²) >= 11 is 1.59. The van der Waals surface area contributed by atoms with Crippen LogP contribution in [0, 0.1) is 0 Å². The van der Waals surface area contributed by atoms with E-state index in [-0.39, 0.29) is 30.7 Å². The van der Waals surface area contributed by atoms with Crippen LogP contribution in [0.25, 0.3) is 0 Å². The topological polar surface area (TPSA) is 39.6 Å². The lowest BCUT2D eigenvalue weighted by Crippen LogP contribution is -2.84. The molecule has 1 aromatic carbocycles. The molecule has 0 radical (unpaired) electrons. The number of rotatable bonds is 6. The minimum Gasteiger partial charge on any atom is -0.395 e. The third kappa shape index (κ3) is 3.51. The van der Waals surface area contributed by atoms with E-state index in [0.717, 1.165) is 17.1 Å². The summed E-state index contributed by atoms with van der Waals surface area (Å²) < 4.78 is 38.5. The molecular formula is C19H22F3N3OS. The zero-order valence-corrected chi connectivity index (χ0v) is 15.6. The van der Waals surface area contributed by atoms with Crippen LogP contribution in [-0.4, -0.2) is 63.9 Å². The van der Waals surface area contributed by atoms with Gasteiger partial charge >= 0.3 is 6.18 Å². The Morgan fingerprint density at radius 1 is 1.22 bits per heavy atom. The van der Waals surface area contributed by atoms with Gasteiger partial charge in [0, 0.05) is 43.2 Å². The van der Waals surface area contributed by atoms with E-state index in [4.69, 9.17) is 0 Å². The van der Waals surface area contributed by atoms with Gasteiger partial charge in [-0.15, -0.1) is 11.3 Å². The number of hydrogen-bond acceptors (Lipinski definition) is 5. The van der Waals surface area contributed by atoms with Crippen molar-refractivity contribution in [1.82, 2.24) is 14.8 Å². The molecule has 0 amide bonds. The molecule has 27 heavy (non-hydrogen) atoms. The monoisotopic (exact) mass is 397 g/mol. The number of aliphatic hydroxyl groups is 1. The molecule has 2 aromatic rings. The Labute approximate surface area is 160 Å². The first-order valence-corrected chi connectivity index (χ1v) is 9.91. The van der Waals surface area contributed by atoms with E-state index >= 15 is 0 Å². The summed E-state index contributed by atoms with van der Waals surface area (Å²) in [5.41, 5.74) is 0.755. The van der Waals surface area contributed by atoms with Crippen LogP contribution in [0.2, 0.25) is 0 Å². The molecule has 1 spiro atoms. The van der Waals surface area contributed by atoms with Gasteiger partial charge in [0.15, 0.2) is 0 Å². The number of thiazole rings is 1. The molecule has 146 valence electrons. The van der Waals surface area contributed by atoms with Crippen molar-refractivity contribution in [2.45, 2.75) is 36.6 Å². The fraction of sp³-hybridized carbons (Fsp3) is 0.526. The molecule has 3 heterocycles. The lowest BCUT2D eigenvalue weighted by Gasteiger charge is -2.71. The molecule has 2 atom stereocenters. The fourth-order valence-corrected chi connectivity index (χ4v) is 5.40. The van der Waals surface area contributed by atoms with Crippen LogP contribution in [0.1, 0.15) is 22.9 Å². The second kappa shape index (κ2) is 7.16. The van der Waals surface area contributed by atoms with Crippen molar-refractivity contribution in [2.24, 2.45) is 0 Å². The maximum Gasteiger partial charge on any atom is 0.390 e. The molecule has 2 aliphatic heterocycles. The Morgan fingerprint density at radius 3 is 2.56 bits per heavy atom. The lowest BCUT2D eigenvalue weighted by molar-refractivity contribution is -0.209. The average molecular weight is 397 g/mol. The predicted molar refractivity (Wildman–Crippen MR) is 97.6 cm³/mol. The van der Waals surface area contributed by atoms with Crippen LogP contribution in [-0.2, 0) is 6.54 Å². The van der Waals surface area contributed by atoms with E-state index < -0.39 is 12.6 Å². The summed E-state index contributed by atoms with van der Waals surface area (Å²) in [5.74, 6) is 0.0458. The first-order valence-electron chi connectivity index (χ1n) is 9.03. The molecule has 0 aliphatic carbocycles. The van der Waals surface area contributed by atoms with Crippen molar-refractivity contribution in [3.8, 4) is 0 Å². The normalized spacial score (nSPS) is 25.3. The first kappa shape index (κ1) is 18.9. The summed E-state index contributed by atoms with van der Waals surface area (Å²) in [4.78, 5) is 8.41. The fourth-order valence-electron chi connectivity index (χ4n) is 4.74. The van der Waals surface area contributed by atoms with Gasteiger partial charge in [0.25, 0.3) is 0 Å². The molecule has 2 aliphatic rings. The Hall–Kier alpha value is -1.48. The van der Waals surface area contributed by atoms with Crippen LogP contribution in [0.3, 0.4) is 0 Å². The number of halogens is 3. The van der Waals surface area contributed by atoms with Crippen LogP contribution < -0.4 is 0 Å². The molecule has 0 saturated carbocycles. The van der Waals surface area contributed by atoms with Gasteiger partial charge in [-0.1, -0.05) is 30.3 Å². The smallest absolute Gasteiger partial charge is 0.390 e. The number of hydrogen-bond donors (Lipinski definition) is 1. The van der Waals surface area contributed by atoms with Crippen LogP contribution in [0.5, 0.6) is 0 Å². The minimum atomic E-state index is -4.19. The van der Waals surface area contributed by atoms with Gasteiger partial charge in [-0.05, 0) is 5.56 Å². The van der Waals surface area contributed by atoms with Crippen LogP contribution in [0.4, 0.5) is 13.2 Å². The van der Waals surface area contributed by atoms with Gasteiger partial charge in [-0.2, -0.15) is 13.2 Å². The van der Waals surface area contributed by atoms with Crippen molar-refractivity contribution in [2.75, 3.05) is 26.2 Å². The Balaban J connectivity index is 1.53. The first-order chi connectivity index (χ1) is 12.9. The van der Waals surface area contributed by atoms with Gasteiger partial charge in [-0.3, -0.25) is 9.80 Å². The van der Waals surface area contributed by atoms with E-state index in [1.54, 1.807) is 17.5 Å². The number of aromatic nitrogens is 1. The quantitative estimate of drug-likeness (QED) is 0.813. The largest absolute Gasteiger partial charge is 0.395 e. The van der Waals surface area contributed by atoms with Gasteiger partial charge in [-0.25, -0.2) is 4.98 Å². The third-order valence-corrected chi connectivity index (χ3v) is 6.52. The van der Waals surface area contributed by atoms with E-state index in [1.165, 1.54) is 0 Å². The zero-order valence-electron chi connectivity index (χ0n) is 14.8. The lowest BCUT2D eigenvalue weighted by atomic mass is 9.60.